The van der Waals surface area contributed by atoms with Gasteiger partial charge >= 0.3 is 0 Å². The van der Waals surface area contributed by atoms with Gasteiger partial charge in [-0.2, -0.15) is 0 Å². The van der Waals surface area contributed by atoms with Crippen molar-refractivity contribution < 1.29 is 17.7 Å². The average Bonchev–Trinajstić information content (AvgIpc) is 2.45. The summed E-state index contributed by atoms with van der Waals surface area (Å²) < 4.78 is 36.5. The van der Waals surface area contributed by atoms with Crippen molar-refractivity contribution in [1.82, 2.24) is 0 Å². The number of rotatable bonds is 5. The molecule has 0 saturated heterocycles. The summed E-state index contributed by atoms with van der Waals surface area (Å²) in [6, 6.07) is 8.02. The van der Waals surface area contributed by atoms with Crippen LogP contribution in [0.2, 0.25) is 0 Å². The molecule has 1 atom stereocenters. The molecular formula is C14H14FN3O4S. The Hall–Kier alpha value is -2.36. The summed E-state index contributed by atoms with van der Waals surface area (Å²) in [7, 11) is -4.06. The summed E-state index contributed by atoms with van der Waals surface area (Å²) in [4.78, 5) is 9.97. The third kappa shape index (κ3) is 4.09. The van der Waals surface area contributed by atoms with E-state index in [1.165, 1.54) is 18.2 Å². The summed E-state index contributed by atoms with van der Waals surface area (Å²) in [6.45, 7) is 0. The molecule has 7 nitrogen and oxygen atoms in total. The highest BCUT2D eigenvalue weighted by Gasteiger charge is 2.20. The highest BCUT2D eigenvalue weighted by Crippen LogP contribution is 2.25. The molecule has 4 N–H and O–H groups in total. The van der Waals surface area contributed by atoms with Gasteiger partial charge in [-0.25, -0.2) is 17.9 Å². The normalized spacial score (nSPS) is 12.8. The molecule has 0 aliphatic rings. The minimum absolute atomic E-state index is 0.0447. The zero-order chi connectivity index (χ0) is 17.2. The molecule has 0 aromatic heterocycles. The highest BCUT2D eigenvalue weighted by molar-refractivity contribution is 7.89. The van der Waals surface area contributed by atoms with Gasteiger partial charge in [-0.1, -0.05) is 12.1 Å². The van der Waals surface area contributed by atoms with Gasteiger partial charge in [-0.3, -0.25) is 10.1 Å². The van der Waals surface area contributed by atoms with E-state index in [2.05, 4.69) is 0 Å². The monoisotopic (exact) mass is 339 g/mol. The van der Waals surface area contributed by atoms with Gasteiger partial charge in [0.25, 0.3) is 5.69 Å². The van der Waals surface area contributed by atoms with Crippen LogP contribution in [0.3, 0.4) is 0 Å². The fourth-order valence-corrected chi connectivity index (χ4v) is 2.97. The van der Waals surface area contributed by atoms with Gasteiger partial charge in [0.1, 0.15) is 5.82 Å². The minimum atomic E-state index is -4.06. The second-order valence-corrected chi connectivity index (χ2v) is 6.49. The van der Waals surface area contributed by atoms with E-state index in [9.17, 15) is 22.9 Å². The van der Waals surface area contributed by atoms with Crippen LogP contribution in [0.15, 0.2) is 47.4 Å². The van der Waals surface area contributed by atoms with Gasteiger partial charge in [-0.05, 0) is 35.7 Å². The summed E-state index contributed by atoms with van der Waals surface area (Å²) >= 11 is 0. The molecule has 0 radical (unpaired) electrons. The number of nitro benzene ring substituents is 1. The molecule has 0 unspecified atom stereocenters. The number of hydrogen-bond acceptors (Lipinski definition) is 5. The van der Waals surface area contributed by atoms with Crippen molar-refractivity contribution in [2.45, 2.75) is 17.4 Å². The molecule has 0 spiro atoms. The summed E-state index contributed by atoms with van der Waals surface area (Å²) in [5.74, 6) is -0.483. The van der Waals surface area contributed by atoms with Gasteiger partial charge < -0.3 is 5.73 Å². The number of hydrogen-bond donors (Lipinski definition) is 2. The smallest absolute Gasteiger partial charge is 0.269 e. The first-order valence-electron chi connectivity index (χ1n) is 6.49. The molecule has 2 aromatic carbocycles. The molecule has 0 saturated carbocycles. The number of benzene rings is 2. The van der Waals surface area contributed by atoms with Crippen LogP contribution in [0.4, 0.5) is 10.1 Å². The molecule has 0 heterocycles. The van der Waals surface area contributed by atoms with Gasteiger partial charge in [-0.15, -0.1) is 0 Å². The van der Waals surface area contributed by atoms with Gasteiger partial charge in [0, 0.05) is 18.2 Å². The van der Waals surface area contributed by atoms with Crippen LogP contribution in [0.5, 0.6) is 0 Å². The summed E-state index contributed by atoms with van der Waals surface area (Å²) in [5.41, 5.74) is 6.23. The maximum Gasteiger partial charge on any atom is 0.269 e. The lowest BCUT2D eigenvalue weighted by Crippen LogP contribution is -2.19. The van der Waals surface area contributed by atoms with E-state index in [4.69, 9.17) is 10.9 Å². The number of primary sulfonamides is 1. The largest absolute Gasteiger partial charge is 0.324 e. The van der Waals surface area contributed by atoms with E-state index in [1.54, 1.807) is 6.07 Å². The first-order chi connectivity index (χ1) is 10.7. The number of nitrogens with two attached hydrogens (primary N) is 2. The van der Waals surface area contributed by atoms with E-state index in [0.717, 1.165) is 18.2 Å². The average molecular weight is 339 g/mol. The molecule has 0 amide bonds. The molecule has 0 fully saturated rings. The first kappa shape index (κ1) is 17.0. The second-order valence-electron chi connectivity index (χ2n) is 4.96. The van der Waals surface area contributed by atoms with E-state index in [1.807, 2.05) is 0 Å². The summed E-state index contributed by atoms with van der Waals surface area (Å²) in [6.07, 6.45) is -0.0447. The predicted octanol–water partition coefficient (Wildman–Crippen LogP) is 1.62. The molecule has 0 bridgehead atoms. The van der Waals surface area contributed by atoms with E-state index in [-0.39, 0.29) is 22.6 Å². The second kappa shape index (κ2) is 6.41. The lowest BCUT2D eigenvalue weighted by Gasteiger charge is -2.14. The van der Waals surface area contributed by atoms with Gasteiger partial charge in [0.15, 0.2) is 0 Å². The minimum Gasteiger partial charge on any atom is -0.324 e. The van der Waals surface area contributed by atoms with Crippen LogP contribution in [0.25, 0.3) is 0 Å². The van der Waals surface area contributed by atoms with E-state index >= 15 is 0 Å². The Morgan fingerprint density at radius 1 is 1.22 bits per heavy atom. The number of halogens is 1. The Morgan fingerprint density at radius 2 is 1.91 bits per heavy atom. The van der Waals surface area contributed by atoms with Crippen molar-refractivity contribution in [3.8, 4) is 0 Å². The zero-order valence-corrected chi connectivity index (χ0v) is 12.7. The number of nitro groups is 1. The quantitative estimate of drug-likeness (QED) is 0.631. The molecule has 0 aliphatic heterocycles. The number of nitrogens with zero attached hydrogens (tertiary/aromatic N) is 1. The van der Waals surface area contributed by atoms with Gasteiger partial charge in [0.2, 0.25) is 10.0 Å². The number of non-ortho nitro benzene ring substituents is 1. The lowest BCUT2D eigenvalue weighted by atomic mass is 9.99. The molecule has 0 aliphatic carbocycles. The van der Waals surface area contributed by atoms with Crippen LogP contribution < -0.4 is 10.9 Å². The Bertz CT molecular complexity index is 855. The molecule has 2 rings (SSSR count). The SMILES string of the molecule is N[C@@H](Cc1cc([N+](=O)[O-])ccc1S(N)(=O)=O)c1cccc(F)c1. The van der Waals surface area contributed by atoms with Crippen molar-refractivity contribution in [2.75, 3.05) is 0 Å². The molecule has 2 aromatic rings. The van der Waals surface area contributed by atoms with Crippen LogP contribution >= 0.6 is 0 Å². The maximum absolute atomic E-state index is 13.2. The fraction of sp³-hybridized carbons (Fsp3) is 0.143. The van der Waals surface area contributed by atoms with E-state index < -0.39 is 26.8 Å². The van der Waals surface area contributed by atoms with Crippen molar-refractivity contribution in [2.24, 2.45) is 10.9 Å². The van der Waals surface area contributed by atoms with Crippen LogP contribution in [-0.4, -0.2) is 13.3 Å². The predicted molar refractivity (Wildman–Crippen MR) is 81.5 cm³/mol. The van der Waals surface area contributed by atoms with Crippen molar-refractivity contribution in [3.63, 3.8) is 0 Å². The maximum atomic E-state index is 13.2. The van der Waals surface area contributed by atoms with Crippen LogP contribution in [0.1, 0.15) is 17.2 Å². The van der Waals surface area contributed by atoms with Crippen molar-refractivity contribution in [3.05, 3.63) is 69.5 Å². The molecule has 122 valence electrons. The highest BCUT2D eigenvalue weighted by atomic mass is 32.2. The van der Waals surface area contributed by atoms with Crippen LogP contribution in [0, 0.1) is 15.9 Å². The Labute approximate surface area is 131 Å². The molecule has 9 heteroatoms. The zero-order valence-electron chi connectivity index (χ0n) is 11.8. The number of sulfonamides is 1. The third-order valence-corrected chi connectivity index (χ3v) is 4.29. The Kier molecular flexibility index (Phi) is 4.73. The first-order valence-corrected chi connectivity index (χ1v) is 8.04. The third-order valence-electron chi connectivity index (χ3n) is 3.28. The molecule has 23 heavy (non-hydrogen) atoms. The topological polar surface area (TPSA) is 129 Å². The standard InChI is InChI=1S/C14H14FN3O4S/c15-11-3-1-2-9(6-11)13(16)8-10-7-12(18(19)20)4-5-14(10)23(17,21)22/h1-7,13H,8,16H2,(H2,17,21,22)/t13-/m0/s1. The molecular weight excluding hydrogens is 325 g/mol. The van der Waals surface area contributed by atoms with Gasteiger partial charge in [0.05, 0.1) is 9.82 Å². The Morgan fingerprint density at radius 3 is 2.48 bits per heavy atom. The Balaban J connectivity index is 2.44. The van der Waals surface area contributed by atoms with E-state index in [0.29, 0.717) is 5.56 Å². The van der Waals surface area contributed by atoms with Crippen molar-refractivity contribution in [1.29, 1.82) is 0 Å². The fourth-order valence-electron chi connectivity index (χ4n) is 2.21. The van der Waals surface area contributed by atoms with Crippen molar-refractivity contribution >= 4 is 15.7 Å². The van der Waals surface area contributed by atoms with Crippen LogP contribution in [-0.2, 0) is 16.4 Å². The summed E-state index contributed by atoms with van der Waals surface area (Å²) in [5, 5.41) is 16.0. The lowest BCUT2D eigenvalue weighted by molar-refractivity contribution is -0.385.